The van der Waals surface area contributed by atoms with Crippen molar-refractivity contribution in [1.29, 1.82) is 0 Å². The molecule has 82 valence electrons. The SMILES string of the molecule is NCc1cc(Oc2ccc(Cl)cc2)ccn1. The van der Waals surface area contributed by atoms with Crippen molar-refractivity contribution in [1.82, 2.24) is 4.98 Å². The van der Waals surface area contributed by atoms with Gasteiger partial charge in [0.05, 0.1) is 5.69 Å². The van der Waals surface area contributed by atoms with Crippen LogP contribution >= 0.6 is 11.6 Å². The summed E-state index contributed by atoms with van der Waals surface area (Å²) in [5.41, 5.74) is 6.29. The van der Waals surface area contributed by atoms with E-state index < -0.39 is 0 Å². The predicted octanol–water partition coefficient (Wildman–Crippen LogP) is 2.99. The van der Waals surface area contributed by atoms with Crippen molar-refractivity contribution >= 4 is 11.6 Å². The van der Waals surface area contributed by atoms with Gasteiger partial charge in [0, 0.05) is 23.8 Å². The third-order valence-corrected chi connectivity index (χ3v) is 2.30. The molecule has 4 heteroatoms. The van der Waals surface area contributed by atoms with Gasteiger partial charge < -0.3 is 10.5 Å². The van der Waals surface area contributed by atoms with E-state index in [2.05, 4.69) is 4.98 Å². The van der Waals surface area contributed by atoms with E-state index in [0.717, 1.165) is 17.2 Å². The molecule has 0 aliphatic carbocycles. The summed E-state index contributed by atoms with van der Waals surface area (Å²) < 4.78 is 5.62. The molecule has 3 nitrogen and oxygen atoms in total. The number of rotatable bonds is 3. The molecule has 1 aromatic carbocycles. The molecule has 0 unspecified atom stereocenters. The minimum Gasteiger partial charge on any atom is -0.457 e. The third-order valence-electron chi connectivity index (χ3n) is 2.05. The summed E-state index contributed by atoms with van der Waals surface area (Å²) in [6.45, 7) is 0.401. The number of nitrogens with zero attached hydrogens (tertiary/aromatic N) is 1. The molecule has 1 aromatic heterocycles. The molecular weight excluding hydrogens is 224 g/mol. The van der Waals surface area contributed by atoms with Gasteiger partial charge in [-0.15, -0.1) is 0 Å². The van der Waals surface area contributed by atoms with Crippen LogP contribution in [-0.4, -0.2) is 4.98 Å². The number of hydrogen-bond donors (Lipinski definition) is 1. The number of nitrogens with two attached hydrogens (primary N) is 1. The van der Waals surface area contributed by atoms with Gasteiger partial charge in [0.1, 0.15) is 11.5 Å². The standard InChI is InChI=1S/C12H11ClN2O/c13-9-1-3-11(4-2-9)16-12-5-6-15-10(7-12)8-14/h1-7H,8,14H2. The van der Waals surface area contributed by atoms with E-state index in [1.165, 1.54) is 0 Å². The van der Waals surface area contributed by atoms with Crippen LogP contribution in [0.2, 0.25) is 5.02 Å². The minimum absolute atomic E-state index is 0.401. The van der Waals surface area contributed by atoms with Gasteiger partial charge in [-0.3, -0.25) is 4.98 Å². The van der Waals surface area contributed by atoms with E-state index in [9.17, 15) is 0 Å². The smallest absolute Gasteiger partial charge is 0.130 e. The Balaban J connectivity index is 2.16. The Kier molecular flexibility index (Phi) is 3.39. The topological polar surface area (TPSA) is 48.1 Å². The van der Waals surface area contributed by atoms with Crippen molar-refractivity contribution < 1.29 is 4.74 Å². The van der Waals surface area contributed by atoms with Crippen LogP contribution in [0.25, 0.3) is 0 Å². The van der Waals surface area contributed by atoms with Gasteiger partial charge in [0.2, 0.25) is 0 Å². The van der Waals surface area contributed by atoms with E-state index in [1.807, 2.05) is 18.2 Å². The van der Waals surface area contributed by atoms with Crippen molar-refractivity contribution in [2.24, 2.45) is 5.73 Å². The van der Waals surface area contributed by atoms with Gasteiger partial charge in [-0.25, -0.2) is 0 Å². The lowest BCUT2D eigenvalue weighted by molar-refractivity contribution is 0.481. The molecule has 2 rings (SSSR count). The monoisotopic (exact) mass is 234 g/mol. The van der Waals surface area contributed by atoms with Crippen molar-refractivity contribution in [3.8, 4) is 11.5 Å². The first-order valence-corrected chi connectivity index (χ1v) is 5.24. The molecule has 0 saturated carbocycles. The van der Waals surface area contributed by atoms with Crippen molar-refractivity contribution in [2.45, 2.75) is 6.54 Å². The van der Waals surface area contributed by atoms with Crippen LogP contribution < -0.4 is 10.5 Å². The van der Waals surface area contributed by atoms with Crippen LogP contribution in [0, 0.1) is 0 Å². The highest BCUT2D eigenvalue weighted by atomic mass is 35.5. The zero-order chi connectivity index (χ0) is 11.4. The number of pyridine rings is 1. The molecule has 2 N–H and O–H groups in total. The zero-order valence-corrected chi connectivity index (χ0v) is 9.32. The summed E-state index contributed by atoms with van der Waals surface area (Å²) in [6.07, 6.45) is 1.67. The fraction of sp³-hybridized carbons (Fsp3) is 0.0833. The van der Waals surface area contributed by atoms with Gasteiger partial charge in [-0.05, 0) is 30.3 Å². The van der Waals surface area contributed by atoms with Gasteiger partial charge in [0.15, 0.2) is 0 Å². The maximum atomic E-state index is 5.78. The number of benzene rings is 1. The summed E-state index contributed by atoms with van der Waals surface area (Å²) in [7, 11) is 0. The van der Waals surface area contributed by atoms with E-state index in [-0.39, 0.29) is 0 Å². The van der Waals surface area contributed by atoms with E-state index in [1.54, 1.807) is 24.4 Å². The largest absolute Gasteiger partial charge is 0.457 e. The number of halogens is 1. The molecule has 0 bridgehead atoms. The Hall–Kier alpha value is -1.58. The number of hydrogen-bond acceptors (Lipinski definition) is 3. The Bertz CT molecular complexity index is 471. The maximum Gasteiger partial charge on any atom is 0.130 e. The minimum atomic E-state index is 0.401. The lowest BCUT2D eigenvalue weighted by atomic mass is 10.3. The molecule has 0 aliphatic rings. The van der Waals surface area contributed by atoms with Gasteiger partial charge >= 0.3 is 0 Å². The highest BCUT2D eigenvalue weighted by Crippen LogP contribution is 2.22. The average Bonchev–Trinajstić information content (AvgIpc) is 2.32. The lowest BCUT2D eigenvalue weighted by Gasteiger charge is -2.06. The quantitative estimate of drug-likeness (QED) is 0.888. The Morgan fingerprint density at radius 1 is 1.12 bits per heavy atom. The van der Waals surface area contributed by atoms with Crippen LogP contribution in [0.5, 0.6) is 11.5 Å². The Labute approximate surface area is 98.8 Å². The summed E-state index contributed by atoms with van der Waals surface area (Å²) in [5.74, 6) is 1.45. The van der Waals surface area contributed by atoms with Crippen LogP contribution in [-0.2, 0) is 6.54 Å². The molecule has 2 aromatic rings. The average molecular weight is 235 g/mol. The van der Waals surface area contributed by atoms with Crippen molar-refractivity contribution in [3.63, 3.8) is 0 Å². The summed E-state index contributed by atoms with van der Waals surface area (Å²) in [6, 6.07) is 10.8. The number of aromatic nitrogens is 1. The molecule has 0 fully saturated rings. The van der Waals surface area contributed by atoms with E-state index in [4.69, 9.17) is 22.1 Å². The first kappa shape index (κ1) is 10.9. The molecule has 0 spiro atoms. The molecule has 16 heavy (non-hydrogen) atoms. The first-order valence-electron chi connectivity index (χ1n) is 4.86. The second-order valence-electron chi connectivity index (χ2n) is 3.24. The molecule has 1 heterocycles. The normalized spacial score (nSPS) is 10.1. The third kappa shape index (κ3) is 2.72. The fourth-order valence-corrected chi connectivity index (χ4v) is 1.40. The van der Waals surface area contributed by atoms with Gasteiger partial charge in [0.25, 0.3) is 0 Å². The first-order chi connectivity index (χ1) is 7.78. The Morgan fingerprint density at radius 3 is 2.56 bits per heavy atom. The molecule has 0 saturated heterocycles. The highest BCUT2D eigenvalue weighted by molar-refractivity contribution is 6.30. The van der Waals surface area contributed by atoms with Crippen LogP contribution in [0.15, 0.2) is 42.6 Å². The summed E-state index contributed by atoms with van der Waals surface area (Å²) in [5, 5.41) is 0.685. The molecule has 0 amide bonds. The molecule has 0 radical (unpaired) electrons. The van der Waals surface area contributed by atoms with Crippen LogP contribution in [0.4, 0.5) is 0 Å². The second-order valence-corrected chi connectivity index (χ2v) is 3.68. The molecule has 0 aliphatic heterocycles. The van der Waals surface area contributed by atoms with E-state index in [0.29, 0.717) is 11.6 Å². The van der Waals surface area contributed by atoms with Gasteiger partial charge in [-0.2, -0.15) is 0 Å². The second kappa shape index (κ2) is 4.96. The Morgan fingerprint density at radius 2 is 1.88 bits per heavy atom. The van der Waals surface area contributed by atoms with E-state index >= 15 is 0 Å². The van der Waals surface area contributed by atoms with Crippen molar-refractivity contribution in [2.75, 3.05) is 0 Å². The number of ether oxygens (including phenoxy) is 1. The van der Waals surface area contributed by atoms with Crippen LogP contribution in [0.3, 0.4) is 0 Å². The summed E-state index contributed by atoms with van der Waals surface area (Å²) in [4.78, 5) is 4.09. The lowest BCUT2D eigenvalue weighted by Crippen LogP contribution is -1.99. The van der Waals surface area contributed by atoms with Crippen molar-refractivity contribution in [3.05, 3.63) is 53.3 Å². The predicted molar refractivity (Wildman–Crippen MR) is 63.7 cm³/mol. The van der Waals surface area contributed by atoms with Crippen LogP contribution in [0.1, 0.15) is 5.69 Å². The maximum absolute atomic E-state index is 5.78. The fourth-order valence-electron chi connectivity index (χ4n) is 1.27. The molecular formula is C12H11ClN2O. The zero-order valence-electron chi connectivity index (χ0n) is 8.56. The molecule has 0 atom stereocenters. The van der Waals surface area contributed by atoms with Gasteiger partial charge in [-0.1, -0.05) is 11.6 Å². The highest BCUT2D eigenvalue weighted by Gasteiger charge is 1.99. The summed E-state index contributed by atoms with van der Waals surface area (Å²) >= 11 is 5.78.